The molecule has 100 valence electrons. The van der Waals surface area contributed by atoms with Crippen molar-refractivity contribution in [1.82, 2.24) is 14.8 Å². The summed E-state index contributed by atoms with van der Waals surface area (Å²) in [7, 11) is 0. The highest BCUT2D eigenvalue weighted by Crippen LogP contribution is 2.09. The Labute approximate surface area is 110 Å². The van der Waals surface area contributed by atoms with Gasteiger partial charge in [-0.2, -0.15) is 0 Å². The average Bonchev–Trinajstić information content (AvgIpc) is 2.74. The second-order valence-corrected chi connectivity index (χ2v) is 3.95. The highest BCUT2D eigenvalue weighted by atomic mass is 19.1. The maximum Gasteiger partial charge on any atom is 0.378 e. The van der Waals surface area contributed by atoms with Crippen molar-refractivity contribution >= 4 is 5.97 Å². The number of aryl methyl sites for hydroxylation is 1. The van der Waals surface area contributed by atoms with Crippen LogP contribution in [0.15, 0.2) is 24.3 Å². The first kappa shape index (κ1) is 13.2. The van der Waals surface area contributed by atoms with Gasteiger partial charge in [-0.3, -0.25) is 0 Å². The Bertz CT molecular complexity index is 595. The molecule has 0 aliphatic rings. The van der Waals surface area contributed by atoms with E-state index in [9.17, 15) is 9.18 Å². The molecule has 0 bridgehead atoms. The van der Waals surface area contributed by atoms with E-state index >= 15 is 0 Å². The van der Waals surface area contributed by atoms with Gasteiger partial charge in [0.2, 0.25) is 0 Å². The zero-order valence-electron chi connectivity index (χ0n) is 10.8. The summed E-state index contributed by atoms with van der Waals surface area (Å²) in [6.45, 7) is 3.91. The molecule has 0 aliphatic heterocycles. The molecule has 0 aliphatic carbocycles. The number of ether oxygens (including phenoxy) is 1. The van der Waals surface area contributed by atoms with Crippen molar-refractivity contribution in [2.45, 2.75) is 20.4 Å². The van der Waals surface area contributed by atoms with E-state index in [0.717, 1.165) is 0 Å². The largest absolute Gasteiger partial charge is 0.460 e. The molecule has 1 aromatic heterocycles. The van der Waals surface area contributed by atoms with E-state index in [1.807, 2.05) is 0 Å². The van der Waals surface area contributed by atoms with Crippen LogP contribution in [0, 0.1) is 12.7 Å². The third-order valence-corrected chi connectivity index (χ3v) is 2.59. The fraction of sp³-hybridized carbons (Fsp3) is 0.308. The molecule has 0 amide bonds. The van der Waals surface area contributed by atoms with Crippen LogP contribution in [-0.2, 0) is 11.3 Å². The monoisotopic (exact) mass is 263 g/mol. The Morgan fingerprint density at radius 2 is 2.16 bits per heavy atom. The zero-order chi connectivity index (χ0) is 13.8. The molecule has 5 nitrogen and oxygen atoms in total. The maximum atomic E-state index is 13.5. The molecule has 0 saturated heterocycles. The lowest BCUT2D eigenvalue weighted by atomic mass is 10.2. The lowest BCUT2D eigenvalue weighted by molar-refractivity contribution is 0.0511. The second kappa shape index (κ2) is 5.60. The van der Waals surface area contributed by atoms with E-state index in [-0.39, 0.29) is 24.8 Å². The number of halogens is 1. The molecule has 0 atom stereocenters. The van der Waals surface area contributed by atoms with Gasteiger partial charge in [0, 0.05) is 5.56 Å². The van der Waals surface area contributed by atoms with Crippen LogP contribution in [0.1, 0.15) is 28.9 Å². The maximum absolute atomic E-state index is 13.5. The van der Waals surface area contributed by atoms with Crippen LogP contribution < -0.4 is 0 Å². The SMILES string of the molecule is CCOC(=O)c1nc(C)n(Cc2ccccc2F)n1. The number of benzene rings is 1. The molecule has 0 N–H and O–H groups in total. The highest BCUT2D eigenvalue weighted by Gasteiger charge is 2.15. The smallest absolute Gasteiger partial charge is 0.378 e. The summed E-state index contributed by atoms with van der Waals surface area (Å²) in [5, 5.41) is 4.03. The lowest BCUT2D eigenvalue weighted by Crippen LogP contribution is -2.09. The van der Waals surface area contributed by atoms with Gasteiger partial charge in [0.05, 0.1) is 13.2 Å². The van der Waals surface area contributed by atoms with Crippen molar-refractivity contribution in [2.24, 2.45) is 0 Å². The second-order valence-electron chi connectivity index (χ2n) is 3.95. The molecule has 2 aromatic rings. The number of aromatic nitrogens is 3. The number of carbonyl (C=O) groups excluding carboxylic acids is 1. The summed E-state index contributed by atoms with van der Waals surface area (Å²) in [6.07, 6.45) is 0. The van der Waals surface area contributed by atoms with Crippen LogP contribution in [0.5, 0.6) is 0 Å². The van der Waals surface area contributed by atoms with E-state index in [1.54, 1.807) is 32.0 Å². The number of rotatable bonds is 4. The third kappa shape index (κ3) is 2.96. The first-order chi connectivity index (χ1) is 9.11. The summed E-state index contributed by atoms with van der Waals surface area (Å²) in [4.78, 5) is 15.5. The molecule has 6 heteroatoms. The molecule has 0 saturated carbocycles. The molecule has 0 spiro atoms. The van der Waals surface area contributed by atoms with Crippen LogP contribution in [0.2, 0.25) is 0 Å². The highest BCUT2D eigenvalue weighted by molar-refractivity contribution is 5.84. The lowest BCUT2D eigenvalue weighted by Gasteiger charge is -2.04. The molecular formula is C13H14FN3O2. The zero-order valence-corrected chi connectivity index (χ0v) is 10.8. The van der Waals surface area contributed by atoms with Crippen molar-refractivity contribution < 1.29 is 13.9 Å². The fourth-order valence-corrected chi connectivity index (χ4v) is 1.64. The van der Waals surface area contributed by atoms with Gasteiger partial charge in [0.15, 0.2) is 0 Å². The van der Waals surface area contributed by atoms with Crippen molar-refractivity contribution in [3.8, 4) is 0 Å². The van der Waals surface area contributed by atoms with E-state index in [2.05, 4.69) is 10.1 Å². The predicted octanol–water partition coefficient (Wildman–Crippen LogP) is 1.95. The van der Waals surface area contributed by atoms with Crippen molar-refractivity contribution in [3.05, 3.63) is 47.3 Å². The Kier molecular flexibility index (Phi) is 3.89. The normalized spacial score (nSPS) is 10.5. The number of esters is 1. The first-order valence-corrected chi connectivity index (χ1v) is 5.93. The van der Waals surface area contributed by atoms with Crippen LogP contribution >= 0.6 is 0 Å². The number of nitrogens with zero attached hydrogens (tertiary/aromatic N) is 3. The van der Waals surface area contributed by atoms with Gasteiger partial charge in [-0.1, -0.05) is 18.2 Å². The van der Waals surface area contributed by atoms with Crippen molar-refractivity contribution in [1.29, 1.82) is 0 Å². The van der Waals surface area contributed by atoms with Gasteiger partial charge in [0.1, 0.15) is 11.6 Å². The number of carbonyl (C=O) groups is 1. The van der Waals surface area contributed by atoms with E-state index in [1.165, 1.54) is 10.7 Å². The summed E-state index contributed by atoms with van der Waals surface area (Å²) in [5.41, 5.74) is 0.492. The molecule has 0 radical (unpaired) electrons. The van der Waals surface area contributed by atoms with Gasteiger partial charge in [-0.15, -0.1) is 5.10 Å². The predicted molar refractivity (Wildman–Crippen MR) is 66.2 cm³/mol. The Balaban J connectivity index is 2.22. The third-order valence-electron chi connectivity index (χ3n) is 2.59. The summed E-state index contributed by atoms with van der Waals surface area (Å²) >= 11 is 0. The summed E-state index contributed by atoms with van der Waals surface area (Å²) in [6, 6.07) is 6.42. The van der Waals surface area contributed by atoms with Gasteiger partial charge in [-0.25, -0.2) is 18.9 Å². The van der Waals surface area contributed by atoms with Gasteiger partial charge < -0.3 is 4.74 Å². The molecule has 1 aromatic carbocycles. The van der Waals surface area contributed by atoms with Gasteiger partial charge >= 0.3 is 5.97 Å². The van der Waals surface area contributed by atoms with Crippen molar-refractivity contribution in [3.63, 3.8) is 0 Å². The van der Waals surface area contributed by atoms with Gasteiger partial charge in [-0.05, 0) is 19.9 Å². The fourth-order valence-electron chi connectivity index (χ4n) is 1.64. The van der Waals surface area contributed by atoms with E-state index < -0.39 is 5.97 Å². The van der Waals surface area contributed by atoms with Crippen LogP contribution in [0.25, 0.3) is 0 Å². The minimum absolute atomic E-state index is 0.00399. The average molecular weight is 263 g/mol. The molecular weight excluding hydrogens is 249 g/mol. The molecule has 19 heavy (non-hydrogen) atoms. The van der Waals surface area contributed by atoms with Crippen LogP contribution in [0.3, 0.4) is 0 Å². The van der Waals surface area contributed by atoms with E-state index in [0.29, 0.717) is 11.4 Å². The summed E-state index contributed by atoms with van der Waals surface area (Å²) < 4.78 is 19.8. The van der Waals surface area contributed by atoms with E-state index in [4.69, 9.17) is 4.74 Å². The standard InChI is InChI=1S/C13H14FN3O2/c1-3-19-13(18)12-15-9(2)17(16-12)8-10-6-4-5-7-11(10)14/h4-7H,3,8H2,1-2H3. The Hall–Kier alpha value is -2.24. The molecule has 0 fully saturated rings. The van der Waals surface area contributed by atoms with Gasteiger partial charge in [0.25, 0.3) is 5.82 Å². The molecule has 0 unspecified atom stereocenters. The molecule has 2 rings (SSSR count). The van der Waals surface area contributed by atoms with Crippen molar-refractivity contribution in [2.75, 3.05) is 6.61 Å². The number of hydrogen-bond donors (Lipinski definition) is 0. The Morgan fingerprint density at radius 1 is 1.42 bits per heavy atom. The minimum Gasteiger partial charge on any atom is -0.460 e. The first-order valence-electron chi connectivity index (χ1n) is 5.93. The molecule has 1 heterocycles. The minimum atomic E-state index is -0.571. The summed E-state index contributed by atoms with van der Waals surface area (Å²) in [5.74, 6) is -0.352. The quantitative estimate of drug-likeness (QED) is 0.791. The topological polar surface area (TPSA) is 57.0 Å². The number of hydrogen-bond acceptors (Lipinski definition) is 4. The Morgan fingerprint density at radius 3 is 2.84 bits per heavy atom. The van der Waals surface area contributed by atoms with Crippen LogP contribution in [-0.4, -0.2) is 27.3 Å². The van der Waals surface area contributed by atoms with Crippen LogP contribution in [0.4, 0.5) is 4.39 Å².